The van der Waals surface area contributed by atoms with E-state index in [4.69, 9.17) is 8.83 Å². The monoisotopic (exact) mass is 892 g/mol. The van der Waals surface area contributed by atoms with E-state index >= 15 is 0 Å². The fourth-order valence-corrected chi connectivity index (χ4v) is 11.2. The summed E-state index contributed by atoms with van der Waals surface area (Å²) in [6.07, 6.45) is 0. The van der Waals surface area contributed by atoms with Crippen molar-refractivity contribution in [3.8, 4) is 55.9 Å². The fourth-order valence-electron chi connectivity index (χ4n) is 11.2. The number of rotatable bonds is 6. The number of nitrogens with zero attached hydrogens (tertiary/aromatic N) is 2. The van der Waals surface area contributed by atoms with Gasteiger partial charge in [0.1, 0.15) is 22.3 Å². The van der Waals surface area contributed by atoms with Crippen molar-refractivity contribution in [1.29, 1.82) is 0 Å². The average Bonchev–Trinajstić information content (AvgIpc) is 4.18. The van der Waals surface area contributed by atoms with E-state index in [1.807, 2.05) is 0 Å². The van der Waals surface area contributed by atoms with Crippen LogP contribution in [0.25, 0.3) is 143 Å². The van der Waals surface area contributed by atoms with Gasteiger partial charge in [-0.2, -0.15) is 0 Å². The number of hydrogen-bond acceptors (Lipinski definition) is 2. The third-order valence-corrected chi connectivity index (χ3v) is 14.5. The molecule has 4 heteroatoms. The molecule has 0 spiro atoms. The molecule has 4 aromatic heterocycles. The predicted molar refractivity (Wildman–Crippen MR) is 291 cm³/mol. The van der Waals surface area contributed by atoms with Crippen LogP contribution in [0.1, 0.15) is 0 Å². The lowest BCUT2D eigenvalue weighted by atomic mass is 9.96. The molecular formula is C66H40N2O2. The minimum atomic E-state index is 0.879. The van der Waals surface area contributed by atoms with Gasteiger partial charge in [-0.1, -0.05) is 127 Å². The lowest BCUT2D eigenvalue weighted by molar-refractivity contribution is 0.668. The van der Waals surface area contributed by atoms with E-state index in [-0.39, 0.29) is 0 Å². The van der Waals surface area contributed by atoms with Crippen molar-refractivity contribution >= 4 is 87.5 Å². The maximum Gasteiger partial charge on any atom is 0.135 e. The first-order valence-corrected chi connectivity index (χ1v) is 23.9. The molecule has 0 aliphatic carbocycles. The second-order valence-electron chi connectivity index (χ2n) is 18.5. The summed E-state index contributed by atoms with van der Waals surface area (Å²) < 4.78 is 17.6. The van der Waals surface area contributed by atoms with Crippen LogP contribution in [-0.2, 0) is 0 Å². The Bertz CT molecular complexity index is 4300. The molecule has 0 saturated carbocycles. The number of aromatic nitrogens is 2. The molecule has 0 aliphatic heterocycles. The molecule has 0 fully saturated rings. The molecule has 15 rings (SSSR count). The predicted octanol–water partition coefficient (Wildman–Crippen LogP) is 18.3. The normalized spacial score (nSPS) is 12.0. The van der Waals surface area contributed by atoms with Crippen molar-refractivity contribution in [2.24, 2.45) is 0 Å². The van der Waals surface area contributed by atoms with Gasteiger partial charge in [0.25, 0.3) is 0 Å². The third kappa shape index (κ3) is 5.97. The highest BCUT2D eigenvalue weighted by molar-refractivity contribution is 6.13. The quantitative estimate of drug-likeness (QED) is 0.167. The lowest BCUT2D eigenvalue weighted by Crippen LogP contribution is -1.92. The van der Waals surface area contributed by atoms with E-state index in [2.05, 4.69) is 252 Å². The van der Waals surface area contributed by atoms with Gasteiger partial charge in [-0.3, -0.25) is 0 Å². The molecule has 0 saturated heterocycles. The van der Waals surface area contributed by atoms with Crippen molar-refractivity contribution in [3.63, 3.8) is 0 Å². The number of benzene rings is 11. The highest BCUT2D eigenvalue weighted by atomic mass is 16.3. The minimum Gasteiger partial charge on any atom is -0.456 e. The van der Waals surface area contributed by atoms with Gasteiger partial charge in [0.2, 0.25) is 0 Å². The van der Waals surface area contributed by atoms with Crippen LogP contribution in [0.2, 0.25) is 0 Å². The number of furan rings is 2. The number of hydrogen-bond donors (Lipinski definition) is 0. The maximum absolute atomic E-state index is 6.45. The summed E-state index contributed by atoms with van der Waals surface area (Å²) in [6, 6.07) is 87.5. The molecule has 0 amide bonds. The first kappa shape index (κ1) is 38.7. The Hall–Kier alpha value is -9.38. The van der Waals surface area contributed by atoms with Gasteiger partial charge in [-0.25, -0.2) is 0 Å². The molecule has 4 heterocycles. The van der Waals surface area contributed by atoms with Crippen molar-refractivity contribution in [2.75, 3.05) is 0 Å². The molecule has 0 radical (unpaired) electrons. The van der Waals surface area contributed by atoms with Crippen LogP contribution in [0.3, 0.4) is 0 Å². The smallest absolute Gasteiger partial charge is 0.135 e. The van der Waals surface area contributed by atoms with Gasteiger partial charge >= 0.3 is 0 Å². The van der Waals surface area contributed by atoms with Gasteiger partial charge in [0, 0.05) is 54.5 Å². The summed E-state index contributed by atoms with van der Waals surface area (Å²) >= 11 is 0. The lowest BCUT2D eigenvalue weighted by Gasteiger charge is -2.08. The molecule has 0 atom stereocenters. The van der Waals surface area contributed by atoms with E-state index in [0.717, 1.165) is 88.6 Å². The van der Waals surface area contributed by atoms with Crippen LogP contribution >= 0.6 is 0 Å². The van der Waals surface area contributed by atoms with Crippen molar-refractivity contribution in [1.82, 2.24) is 9.13 Å². The Morgan fingerprint density at radius 2 is 0.500 bits per heavy atom. The average molecular weight is 893 g/mol. The van der Waals surface area contributed by atoms with Crippen LogP contribution in [0.4, 0.5) is 0 Å². The highest BCUT2D eigenvalue weighted by Crippen LogP contribution is 2.41. The van der Waals surface area contributed by atoms with Crippen LogP contribution in [0.5, 0.6) is 0 Å². The van der Waals surface area contributed by atoms with E-state index in [1.165, 1.54) is 54.7 Å². The van der Waals surface area contributed by atoms with Crippen molar-refractivity contribution < 1.29 is 8.83 Å². The Balaban J connectivity index is 0.779. The summed E-state index contributed by atoms with van der Waals surface area (Å²) in [5.41, 5.74) is 19.9. The summed E-state index contributed by atoms with van der Waals surface area (Å²) in [6.45, 7) is 0. The second kappa shape index (κ2) is 15.1. The Labute approximate surface area is 402 Å². The van der Waals surface area contributed by atoms with Crippen LogP contribution < -0.4 is 0 Å². The fraction of sp³-hybridized carbons (Fsp3) is 0. The molecule has 0 bridgehead atoms. The molecule has 11 aromatic carbocycles. The van der Waals surface area contributed by atoms with E-state index in [0.29, 0.717) is 0 Å². The number of para-hydroxylation sites is 4. The summed E-state index contributed by atoms with van der Waals surface area (Å²) in [5, 5.41) is 9.37. The zero-order valence-electron chi connectivity index (χ0n) is 37.8. The van der Waals surface area contributed by atoms with Crippen LogP contribution in [0.15, 0.2) is 251 Å². The van der Waals surface area contributed by atoms with Crippen molar-refractivity contribution in [2.45, 2.75) is 0 Å². The molecule has 15 aromatic rings. The zero-order valence-corrected chi connectivity index (χ0v) is 37.8. The zero-order chi connectivity index (χ0) is 45.9. The molecule has 0 unspecified atom stereocenters. The second-order valence-corrected chi connectivity index (χ2v) is 18.5. The first-order valence-electron chi connectivity index (χ1n) is 23.9. The summed E-state index contributed by atoms with van der Waals surface area (Å²) in [4.78, 5) is 0. The Morgan fingerprint density at radius 3 is 0.886 bits per heavy atom. The Kier molecular flexibility index (Phi) is 8.33. The topological polar surface area (TPSA) is 36.1 Å². The van der Waals surface area contributed by atoms with Gasteiger partial charge in [0.15, 0.2) is 0 Å². The number of fused-ring (bicyclic) bond motifs is 12. The third-order valence-electron chi connectivity index (χ3n) is 14.5. The summed E-state index contributed by atoms with van der Waals surface area (Å²) in [7, 11) is 0. The van der Waals surface area contributed by atoms with Gasteiger partial charge < -0.3 is 18.0 Å². The molecule has 70 heavy (non-hydrogen) atoms. The standard InChI is InChI=1S/C66H40N2O2/c1-3-14-49(15-4-1)67-59-20-9-7-18-51(59)53-35-43(22-28-61(53)67)47-26-32-65-57(39-47)55-37-45(24-30-63(55)69-65)41-12-11-13-42(34-41)46-25-31-64-56(38-46)58-40-48(27-33-66(58)70-64)44-23-29-62-54(36-44)52-19-8-10-21-60(52)68(62)50-16-5-2-6-17-50/h1-40H. The van der Waals surface area contributed by atoms with E-state index in [9.17, 15) is 0 Å². The SMILES string of the molecule is c1ccc(-n2c3ccccc3c3cc(-c4ccc5oc6ccc(-c7cccc(-c8ccc9oc%10ccc(-c%11ccc%12c(c%11)c%11ccccc%11n%12-c%11ccccc%11)cc%10c9c8)c7)cc6c5c4)ccc32)cc1. The maximum atomic E-state index is 6.45. The van der Waals surface area contributed by atoms with Gasteiger partial charge in [-0.05, 0) is 160 Å². The first-order chi connectivity index (χ1) is 34.7. The van der Waals surface area contributed by atoms with Crippen LogP contribution in [-0.4, -0.2) is 9.13 Å². The highest BCUT2D eigenvalue weighted by Gasteiger charge is 2.18. The van der Waals surface area contributed by atoms with Crippen LogP contribution in [0, 0.1) is 0 Å². The Morgan fingerprint density at radius 1 is 0.200 bits per heavy atom. The van der Waals surface area contributed by atoms with Gasteiger partial charge in [0.05, 0.1) is 22.1 Å². The molecule has 326 valence electrons. The molecular weight excluding hydrogens is 853 g/mol. The molecule has 0 aliphatic rings. The summed E-state index contributed by atoms with van der Waals surface area (Å²) in [5.74, 6) is 0. The minimum absolute atomic E-state index is 0.879. The largest absolute Gasteiger partial charge is 0.456 e. The van der Waals surface area contributed by atoms with E-state index < -0.39 is 0 Å². The molecule has 0 N–H and O–H groups in total. The van der Waals surface area contributed by atoms with Crippen molar-refractivity contribution in [3.05, 3.63) is 243 Å². The van der Waals surface area contributed by atoms with Gasteiger partial charge in [-0.15, -0.1) is 0 Å². The van der Waals surface area contributed by atoms with E-state index in [1.54, 1.807) is 0 Å². The molecule has 4 nitrogen and oxygen atoms in total.